The third-order valence-electron chi connectivity index (χ3n) is 7.17. The SMILES string of the molecule is CN[C@@H](C)C(=O)N[C@@H]1C(=O)N(Cc2c(OC)ccc3ccccc23)c2ccccc2N(C(=O)CS(C)(=O)=O)[C@H]1C. The molecular formula is C29H34N4O6S. The Morgan fingerprint density at radius 2 is 1.68 bits per heavy atom. The average molecular weight is 567 g/mol. The van der Waals surface area contributed by atoms with E-state index in [4.69, 9.17) is 4.74 Å². The first-order valence-corrected chi connectivity index (χ1v) is 14.9. The van der Waals surface area contributed by atoms with E-state index in [1.54, 1.807) is 52.3 Å². The van der Waals surface area contributed by atoms with Crippen molar-refractivity contribution in [2.45, 2.75) is 38.5 Å². The summed E-state index contributed by atoms with van der Waals surface area (Å²) in [7, 11) is -0.499. The van der Waals surface area contributed by atoms with E-state index < -0.39 is 51.4 Å². The van der Waals surface area contributed by atoms with Crippen molar-refractivity contribution < 1.29 is 27.5 Å². The van der Waals surface area contributed by atoms with Gasteiger partial charge in [0.05, 0.1) is 37.1 Å². The minimum atomic E-state index is -3.68. The molecule has 3 aromatic rings. The number of hydrogen-bond acceptors (Lipinski definition) is 7. The molecule has 0 radical (unpaired) electrons. The zero-order valence-corrected chi connectivity index (χ0v) is 24.0. The summed E-state index contributed by atoms with van der Waals surface area (Å²) in [6, 6.07) is 15.7. The fourth-order valence-electron chi connectivity index (χ4n) is 5.00. The molecule has 212 valence electrons. The standard InChI is InChI=1S/C29H34N4O6S/c1-18(30-3)28(35)31-27-19(2)33(26(34)17-40(5,37)38)24-13-9-8-12-23(24)32(29(27)36)16-22-21-11-7-6-10-20(21)14-15-25(22)39-4/h6-15,18-19,27,30H,16-17H2,1-5H3,(H,31,35)/t18-,19-,27-/m0/s1. The number of carbonyl (C=O) groups is 3. The molecule has 0 saturated heterocycles. The first kappa shape index (κ1) is 29.0. The lowest BCUT2D eigenvalue weighted by Gasteiger charge is -2.32. The van der Waals surface area contributed by atoms with Crippen LogP contribution in [0, 0.1) is 0 Å². The summed E-state index contributed by atoms with van der Waals surface area (Å²) in [5, 5.41) is 7.51. The lowest BCUT2D eigenvalue weighted by Crippen LogP contribution is -2.60. The quantitative estimate of drug-likeness (QED) is 0.429. The summed E-state index contributed by atoms with van der Waals surface area (Å²) in [5.74, 6) is -1.74. The van der Waals surface area contributed by atoms with Gasteiger partial charge in [0.1, 0.15) is 17.5 Å². The van der Waals surface area contributed by atoms with Gasteiger partial charge in [-0.05, 0) is 49.9 Å². The summed E-state index contributed by atoms with van der Waals surface area (Å²) < 4.78 is 29.9. The first-order chi connectivity index (χ1) is 19.0. The van der Waals surface area contributed by atoms with Crippen LogP contribution in [-0.4, -0.2) is 70.4 Å². The van der Waals surface area contributed by atoms with Crippen LogP contribution in [0.5, 0.6) is 5.75 Å². The second-order valence-electron chi connectivity index (χ2n) is 9.95. The van der Waals surface area contributed by atoms with Crippen LogP contribution >= 0.6 is 0 Å². The molecule has 10 nitrogen and oxygen atoms in total. The summed E-state index contributed by atoms with van der Waals surface area (Å²) in [6.07, 6.45) is 0.984. The predicted molar refractivity (Wildman–Crippen MR) is 155 cm³/mol. The number of carbonyl (C=O) groups excluding carboxylic acids is 3. The Kier molecular flexibility index (Phi) is 8.45. The zero-order chi connectivity index (χ0) is 29.2. The molecule has 2 N–H and O–H groups in total. The van der Waals surface area contributed by atoms with Gasteiger partial charge in [0.2, 0.25) is 11.8 Å². The van der Waals surface area contributed by atoms with Gasteiger partial charge >= 0.3 is 0 Å². The Labute approximate surface area is 234 Å². The van der Waals surface area contributed by atoms with Crippen molar-refractivity contribution in [2.75, 3.05) is 36.0 Å². The van der Waals surface area contributed by atoms with Gasteiger partial charge in [-0.25, -0.2) is 8.42 Å². The third kappa shape index (κ3) is 5.80. The highest BCUT2D eigenvalue weighted by Gasteiger charge is 2.43. The fourth-order valence-corrected chi connectivity index (χ4v) is 5.58. The van der Waals surface area contributed by atoms with E-state index in [0.29, 0.717) is 17.1 Å². The zero-order valence-electron chi connectivity index (χ0n) is 23.2. The van der Waals surface area contributed by atoms with E-state index in [0.717, 1.165) is 22.6 Å². The largest absolute Gasteiger partial charge is 0.496 e. The van der Waals surface area contributed by atoms with Crippen molar-refractivity contribution in [3.63, 3.8) is 0 Å². The van der Waals surface area contributed by atoms with Crippen LogP contribution in [-0.2, 0) is 30.8 Å². The van der Waals surface area contributed by atoms with Crippen molar-refractivity contribution in [2.24, 2.45) is 0 Å². The number of ether oxygens (including phenoxy) is 1. The van der Waals surface area contributed by atoms with E-state index >= 15 is 0 Å². The van der Waals surface area contributed by atoms with Gasteiger partial charge in [0.25, 0.3) is 5.91 Å². The maximum absolute atomic E-state index is 14.4. The van der Waals surface area contributed by atoms with Crippen LogP contribution in [0.3, 0.4) is 0 Å². The van der Waals surface area contributed by atoms with Crippen molar-refractivity contribution in [1.29, 1.82) is 0 Å². The molecule has 0 aliphatic carbocycles. The van der Waals surface area contributed by atoms with Crippen LogP contribution in [0.2, 0.25) is 0 Å². The summed E-state index contributed by atoms with van der Waals surface area (Å²) in [6.45, 7) is 3.36. The van der Waals surface area contributed by atoms with Crippen molar-refractivity contribution in [1.82, 2.24) is 10.6 Å². The highest BCUT2D eigenvalue weighted by atomic mass is 32.2. The molecule has 0 spiro atoms. The number of rotatable bonds is 8. The fraction of sp³-hybridized carbons (Fsp3) is 0.345. The van der Waals surface area contributed by atoms with Crippen LogP contribution < -0.4 is 25.2 Å². The topological polar surface area (TPSA) is 125 Å². The van der Waals surface area contributed by atoms with Gasteiger partial charge in [0, 0.05) is 11.8 Å². The number of hydrogen-bond donors (Lipinski definition) is 2. The summed E-state index contributed by atoms with van der Waals surface area (Å²) in [5.41, 5.74) is 1.53. The Bertz CT molecular complexity index is 1560. The van der Waals surface area contributed by atoms with Crippen LogP contribution in [0.15, 0.2) is 60.7 Å². The van der Waals surface area contributed by atoms with E-state index in [9.17, 15) is 22.8 Å². The van der Waals surface area contributed by atoms with Crippen molar-refractivity contribution >= 4 is 49.7 Å². The molecule has 1 heterocycles. The predicted octanol–water partition coefficient (Wildman–Crippen LogP) is 2.25. The number of amides is 3. The molecule has 1 aliphatic heterocycles. The lowest BCUT2D eigenvalue weighted by molar-refractivity contribution is -0.129. The van der Waals surface area contributed by atoms with Crippen molar-refractivity contribution in [3.05, 3.63) is 66.2 Å². The molecule has 3 amide bonds. The number of benzene rings is 3. The molecule has 4 rings (SSSR count). The molecule has 0 fully saturated rings. The number of sulfone groups is 1. The lowest BCUT2D eigenvalue weighted by atomic mass is 10.0. The minimum absolute atomic E-state index is 0.0785. The smallest absolute Gasteiger partial charge is 0.252 e. The normalized spacial score (nSPS) is 18.2. The van der Waals surface area contributed by atoms with Crippen LogP contribution in [0.25, 0.3) is 10.8 Å². The Balaban J connectivity index is 1.91. The van der Waals surface area contributed by atoms with E-state index in [-0.39, 0.29) is 6.54 Å². The van der Waals surface area contributed by atoms with Gasteiger partial charge in [-0.15, -0.1) is 0 Å². The highest BCUT2D eigenvalue weighted by Crippen LogP contribution is 2.38. The number of nitrogens with zero attached hydrogens (tertiary/aromatic N) is 2. The Morgan fingerprint density at radius 1 is 1.02 bits per heavy atom. The first-order valence-electron chi connectivity index (χ1n) is 12.9. The number of fused-ring (bicyclic) bond motifs is 2. The molecular weight excluding hydrogens is 532 g/mol. The van der Waals surface area contributed by atoms with Crippen molar-refractivity contribution in [3.8, 4) is 5.75 Å². The molecule has 0 bridgehead atoms. The second-order valence-corrected chi connectivity index (χ2v) is 12.1. The maximum atomic E-state index is 14.4. The molecule has 0 saturated carbocycles. The highest BCUT2D eigenvalue weighted by molar-refractivity contribution is 7.91. The van der Waals surface area contributed by atoms with Gasteiger partial charge in [-0.1, -0.05) is 42.5 Å². The summed E-state index contributed by atoms with van der Waals surface area (Å²) >= 11 is 0. The number of anilines is 2. The number of likely N-dealkylation sites (N-methyl/N-ethyl adjacent to an activating group) is 1. The molecule has 0 unspecified atom stereocenters. The van der Waals surface area contributed by atoms with Crippen LogP contribution in [0.4, 0.5) is 11.4 Å². The molecule has 40 heavy (non-hydrogen) atoms. The third-order valence-corrected chi connectivity index (χ3v) is 7.94. The van der Waals surface area contributed by atoms with Gasteiger partial charge in [-0.2, -0.15) is 0 Å². The number of para-hydroxylation sites is 2. The maximum Gasteiger partial charge on any atom is 0.252 e. The van der Waals surface area contributed by atoms with E-state index in [1.165, 1.54) is 9.80 Å². The Hall–Kier alpha value is -3.96. The van der Waals surface area contributed by atoms with Gasteiger partial charge in [0.15, 0.2) is 9.84 Å². The molecule has 1 aliphatic rings. The van der Waals surface area contributed by atoms with Gasteiger partial charge < -0.3 is 25.2 Å². The second kappa shape index (κ2) is 11.6. The van der Waals surface area contributed by atoms with E-state index in [2.05, 4.69) is 10.6 Å². The minimum Gasteiger partial charge on any atom is -0.496 e. The summed E-state index contributed by atoms with van der Waals surface area (Å²) in [4.78, 5) is 43.7. The molecule has 3 atom stereocenters. The van der Waals surface area contributed by atoms with Gasteiger partial charge in [-0.3, -0.25) is 14.4 Å². The molecule has 11 heteroatoms. The molecule has 3 aromatic carbocycles. The monoisotopic (exact) mass is 566 g/mol. The number of nitrogens with one attached hydrogen (secondary N) is 2. The molecule has 0 aromatic heterocycles. The Morgan fingerprint density at radius 3 is 2.33 bits per heavy atom. The number of methoxy groups -OCH3 is 1. The van der Waals surface area contributed by atoms with Crippen LogP contribution in [0.1, 0.15) is 19.4 Å². The van der Waals surface area contributed by atoms with E-state index in [1.807, 2.05) is 36.4 Å². The average Bonchev–Trinajstić information content (AvgIpc) is 3.00.